The summed E-state index contributed by atoms with van der Waals surface area (Å²) in [6, 6.07) is 20.9. The lowest BCUT2D eigenvalue weighted by Gasteiger charge is -2.26. The monoisotopic (exact) mass is 493 g/mol. The van der Waals surface area contributed by atoms with E-state index in [4.69, 9.17) is 0 Å². The highest BCUT2D eigenvalue weighted by Crippen LogP contribution is 2.23. The number of anilines is 1. The third kappa shape index (κ3) is 6.77. The average molecular weight is 494 g/mol. The smallest absolute Gasteiger partial charge is 0.255 e. The van der Waals surface area contributed by atoms with Crippen molar-refractivity contribution >= 4 is 27.5 Å². The summed E-state index contributed by atoms with van der Waals surface area (Å²) in [6.07, 6.45) is 0.0232. The van der Waals surface area contributed by atoms with Crippen LogP contribution in [0.3, 0.4) is 0 Å². The molecule has 8 heteroatoms. The Bertz CT molecular complexity index is 1310. The lowest BCUT2D eigenvalue weighted by atomic mass is 10.1. The predicted molar refractivity (Wildman–Crippen MR) is 138 cm³/mol. The van der Waals surface area contributed by atoms with E-state index >= 15 is 0 Å². The molecule has 2 N–H and O–H groups in total. The van der Waals surface area contributed by atoms with E-state index in [1.165, 1.54) is 0 Å². The van der Waals surface area contributed by atoms with Crippen LogP contribution in [0.5, 0.6) is 0 Å². The minimum Gasteiger partial charge on any atom is -0.339 e. The molecular weight excluding hydrogens is 462 g/mol. The van der Waals surface area contributed by atoms with E-state index in [1.807, 2.05) is 45.0 Å². The normalized spacial score (nSPS) is 12.1. The highest BCUT2D eigenvalue weighted by Gasteiger charge is 2.20. The van der Waals surface area contributed by atoms with Gasteiger partial charge >= 0.3 is 0 Å². The molecular formula is C27H31N3O4S. The van der Waals surface area contributed by atoms with Crippen molar-refractivity contribution in [2.45, 2.75) is 38.1 Å². The lowest BCUT2D eigenvalue weighted by Crippen LogP contribution is -2.33. The fourth-order valence-electron chi connectivity index (χ4n) is 3.54. The summed E-state index contributed by atoms with van der Waals surface area (Å²) in [6.45, 7) is 5.66. The number of hydrogen-bond donors (Lipinski definition) is 2. The minimum atomic E-state index is -3.69. The largest absolute Gasteiger partial charge is 0.339 e. The molecule has 1 atom stereocenters. The van der Waals surface area contributed by atoms with E-state index in [9.17, 15) is 18.0 Å². The molecule has 3 aromatic carbocycles. The van der Waals surface area contributed by atoms with Gasteiger partial charge in [0.2, 0.25) is 15.9 Å². The van der Waals surface area contributed by atoms with Crippen molar-refractivity contribution in [1.82, 2.24) is 9.62 Å². The van der Waals surface area contributed by atoms with Gasteiger partial charge in [0.05, 0.1) is 10.9 Å². The van der Waals surface area contributed by atoms with Crippen molar-refractivity contribution in [2.24, 2.45) is 0 Å². The molecule has 0 bridgehead atoms. The first-order valence-corrected chi connectivity index (χ1v) is 12.9. The number of sulfonamides is 1. The molecule has 0 saturated carbocycles. The number of aryl methyl sites for hydroxylation is 2. The van der Waals surface area contributed by atoms with Crippen molar-refractivity contribution in [2.75, 3.05) is 18.9 Å². The van der Waals surface area contributed by atoms with Gasteiger partial charge in [0.15, 0.2) is 0 Å². The first-order valence-electron chi connectivity index (χ1n) is 11.4. The summed E-state index contributed by atoms with van der Waals surface area (Å²) in [5.41, 5.74) is 3.94. The van der Waals surface area contributed by atoms with Gasteiger partial charge in [0.25, 0.3) is 5.91 Å². The van der Waals surface area contributed by atoms with E-state index < -0.39 is 10.0 Å². The summed E-state index contributed by atoms with van der Waals surface area (Å²) in [5, 5.41) is 2.88. The van der Waals surface area contributed by atoms with Crippen LogP contribution in [0.15, 0.2) is 77.7 Å². The Hall–Kier alpha value is -3.49. The molecule has 0 unspecified atom stereocenters. The Morgan fingerprint density at radius 2 is 1.63 bits per heavy atom. The number of hydrogen-bond acceptors (Lipinski definition) is 4. The zero-order valence-corrected chi connectivity index (χ0v) is 21.2. The summed E-state index contributed by atoms with van der Waals surface area (Å²) < 4.78 is 27.6. The Morgan fingerprint density at radius 3 is 2.31 bits per heavy atom. The van der Waals surface area contributed by atoms with E-state index in [2.05, 4.69) is 10.0 Å². The predicted octanol–water partition coefficient (Wildman–Crippen LogP) is 4.44. The average Bonchev–Trinajstić information content (AvgIpc) is 2.85. The molecule has 3 aromatic rings. The molecule has 0 saturated heterocycles. The molecule has 0 aromatic heterocycles. The van der Waals surface area contributed by atoms with Crippen LogP contribution >= 0.6 is 0 Å². The van der Waals surface area contributed by atoms with Crippen molar-refractivity contribution in [3.05, 3.63) is 95.1 Å². The highest BCUT2D eigenvalue weighted by molar-refractivity contribution is 7.89. The molecule has 0 radical (unpaired) electrons. The molecule has 0 aliphatic carbocycles. The molecule has 0 heterocycles. The second-order valence-corrected chi connectivity index (χ2v) is 10.3. The van der Waals surface area contributed by atoms with Crippen LogP contribution in [0, 0.1) is 13.8 Å². The van der Waals surface area contributed by atoms with Gasteiger partial charge in [-0.3, -0.25) is 9.59 Å². The van der Waals surface area contributed by atoms with Gasteiger partial charge in [-0.2, -0.15) is 0 Å². The maximum atomic E-state index is 12.7. The van der Waals surface area contributed by atoms with Crippen molar-refractivity contribution in [3.8, 4) is 0 Å². The number of benzene rings is 3. The number of nitrogens with one attached hydrogen (secondary N) is 2. The maximum Gasteiger partial charge on any atom is 0.255 e. The second-order valence-electron chi connectivity index (χ2n) is 8.52. The highest BCUT2D eigenvalue weighted by atomic mass is 32.2. The van der Waals surface area contributed by atoms with Crippen LogP contribution in [0.1, 0.15) is 46.4 Å². The fraction of sp³-hybridized carbons (Fsp3) is 0.259. The number of rotatable bonds is 9. The SMILES string of the molecule is Cc1ccc(S(=O)(=O)NCCC(=O)N(C)[C@H](C)c2cccc(NC(=O)c3ccccc3)c2)cc1C. The van der Waals surface area contributed by atoms with E-state index in [1.54, 1.807) is 60.5 Å². The molecule has 35 heavy (non-hydrogen) atoms. The van der Waals surface area contributed by atoms with Gasteiger partial charge in [-0.15, -0.1) is 0 Å². The Morgan fingerprint density at radius 1 is 0.914 bits per heavy atom. The van der Waals surface area contributed by atoms with Crippen LogP contribution in [-0.2, 0) is 14.8 Å². The standard InChI is InChI=1S/C27H31N3O4S/c1-19-13-14-25(17-20(19)2)35(33,34)28-16-15-26(31)30(4)21(3)23-11-8-12-24(18-23)29-27(32)22-9-6-5-7-10-22/h5-14,17-18,21,28H,15-16H2,1-4H3,(H,29,32)/t21-/m1/s1. The van der Waals surface area contributed by atoms with Gasteiger partial charge in [-0.05, 0) is 73.9 Å². The van der Waals surface area contributed by atoms with E-state index in [-0.39, 0.29) is 35.7 Å². The third-order valence-electron chi connectivity index (χ3n) is 6.06. The minimum absolute atomic E-state index is 0.00166. The fourth-order valence-corrected chi connectivity index (χ4v) is 4.66. The zero-order valence-electron chi connectivity index (χ0n) is 20.4. The number of carbonyl (C=O) groups is 2. The van der Waals surface area contributed by atoms with Gasteiger partial charge < -0.3 is 10.2 Å². The van der Waals surface area contributed by atoms with Gasteiger partial charge in [0, 0.05) is 31.3 Å². The molecule has 2 amide bonds. The number of carbonyl (C=O) groups excluding carboxylic acids is 2. The summed E-state index contributed by atoms with van der Waals surface area (Å²) >= 11 is 0. The van der Waals surface area contributed by atoms with Crippen molar-refractivity contribution < 1.29 is 18.0 Å². The third-order valence-corrected chi connectivity index (χ3v) is 7.52. The van der Waals surface area contributed by atoms with Gasteiger partial charge in [-0.1, -0.05) is 36.4 Å². The molecule has 3 rings (SSSR count). The van der Waals surface area contributed by atoms with Gasteiger partial charge in [-0.25, -0.2) is 13.1 Å². The molecule has 0 spiro atoms. The van der Waals surface area contributed by atoms with Crippen LogP contribution in [0.2, 0.25) is 0 Å². The Labute approximate surface area is 207 Å². The van der Waals surface area contributed by atoms with Crippen LogP contribution < -0.4 is 10.0 Å². The maximum absolute atomic E-state index is 12.7. The molecule has 184 valence electrons. The van der Waals surface area contributed by atoms with E-state index in [0.717, 1.165) is 16.7 Å². The molecule has 7 nitrogen and oxygen atoms in total. The Kier molecular flexibility index (Phi) is 8.43. The zero-order chi connectivity index (χ0) is 25.6. The van der Waals surface area contributed by atoms with Crippen molar-refractivity contribution in [1.29, 1.82) is 0 Å². The quantitative estimate of drug-likeness (QED) is 0.461. The van der Waals surface area contributed by atoms with Crippen LogP contribution in [-0.4, -0.2) is 38.7 Å². The summed E-state index contributed by atoms with van der Waals surface area (Å²) in [4.78, 5) is 26.9. The number of amides is 2. The topological polar surface area (TPSA) is 95.6 Å². The van der Waals surface area contributed by atoms with Crippen LogP contribution in [0.4, 0.5) is 5.69 Å². The summed E-state index contributed by atoms with van der Waals surface area (Å²) in [5.74, 6) is -0.408. The van der Waals surface area contributed by atoms with Crippen molar-refractivity contribution in [3.63, 3.8) is 0 Å². The number of nitrogens with zero attached hydrogens (tertiary/aromatic N) is 1. The lowest BCUT2D eigenvalue weighted by molar-refractivity contribution is -0.131. The van der Waals surface area contributed by atoms with E-state index in [0.29, 0.717) is 11.3 Å². The molecule has 0 aliphatic rings. The van der Waals surface area contributed by atoms with Crippen LogP contribution in [0.25, 0.3) is 0 Å². The first kappa shape index (κ1) is 26.1. The molecule has 0 aliphatic heterocycles. The summed E-state index contributed by atoms with van der Waals surface area (Å²) in [7, 11) is -2.01. The second kappa shape index (κ2) is 11.3. The van der Waals surface area contributed by atoms with Gasteiger partial charge in [0.1, 0.15) is 0 Å². The first-order chi connectivity index (χ1) is 16.6. The Balaban J connectivity index is 1.58. The molecule has 0 fully saturated rings.